The van der Waals surface area contributed by atoms with Crippen LogP contribution < -0.4 is 0 Å². The Kier molecular flexibility index (Phi) is 5.11. The number of thiophene rings is 1. The lowest BCUT2D eigenvalue weighted by Gasteiger charge is -2.24. The van der Waals surface area contributed by atoms with E-state index in [1.54, 1.807) is 28.6 Å². The van der Waals surface area contributed by atoms with Crippen molar-refractivity contribution in [2.45, 2.75) is 38.8 Å². The summed E-state index contributed by atoms with van der Waals surface area (Å²) in [6, 6.07) is 7.50. The first-order valence-electron chi connectivity index (χ1n) is 9.31. The first-order valence-corrected chi connectivity index (χ1v) is 10.2. The molecule has 1 saturated heterocycles. The van der Waals surface area contributed by atoms with Gasteiger partial charge in [-0.05, 0) is 36.4 Å². The first-order chi connectivity index (χ1) is 13.1. The predicted octanol–water partition coefficient (Wildman–Crippen LogP) is 3.05. The summed E-state index contributed by atoms with van der Waals surface area (Å²) in [4.78, 5) is 42.2. The number of likely N-dealkylation sites (tertiary alicyclic amines) is 1. The topological polar surface area (TPSA) is 70.8 Å². The molecule has 0 unspecified atom stereocenters. The third kappa shape index (κ3) is 3.69. The van der Waals surface area contributed by atoms with Crippen molar-refractivity contribution in [3.05, 3.63) is 46.5 Å². The molecule has 0 bridgehead atoms. The fourth-order valence-electron chi connectivity index (χ4n) is 4.04. The fraction of sp³-hybridized carbons (Fsp3) is 0.450. The standard InChI is InChI=1S/C20H22N2O4S/c23-18(13-22-19(24)16-7-1-2-8-17(16)20(22)25)21(11-14-5-3-9-26-14)12-15-6-4-10-27-15/h3-6,9-10,16-17H,1-2,7-8,11-13H2/t16-,17-/m1/s1. The van der Waals surface area contributed by atoms with Gasteiger partial charge in [0.15, 0.2) is 0 Å². The molecule has 3 amide bonds. The van der Waals surface area contributed by atoms with Crippen molar-refractivity contribution in [1.29, 1.82) is 0 Å². The predicted molar refractivity (Wildman–Crippen MR) is 99.4 cm³/mol. The molecule has 3 heterocycles. The van der Waals surface area contributed by atoms with Gasteiger partial charge in [0.05, 0.1) is 31.2 Å². The van der Waals surface area contributed by atoms with Crippen molar-refractivity contribution in [2.75, 3.05) is 6.54 Å². The highest BCUT2D eigenvalue weighted by atomic mass is 32.1. The van der Waals surface area contributed by atoms with Gasteiger partial charge < -0.3 is 9.32 Å². The fourth-order valence-corrected chi connectivity index (χ4v) is 4.76. The summed E-state index contributed by atoms with van der Waals surface area (Å²) in [6.45, 7) is 0.559. The number of carbonyl (C=O) groups excluding carboxylic acids is 3. The van der Waals surface area contributed by atoms with E-state index in [1.165, 1.54) is 4.90 Å². The van der Waals surface area contributed by atoms with Gasteiger partial charge >= 0.3 is 0 Å². The number of hydrogen-bond donors (Lipinski definition) is 0. The van der Waals surface area contributed by atoms with Crippen LogP contribution >= 0.6 is 11.3 Å². The second-order valence-corrected chi connectivity index (χ2v) is 8.20. The summed E-state index contributed by atoms with van der Waals surface area (Å²) in [7, 11) is 0. The molecule has 2 atom stereocenters. The summed E-state index contributed by atoms with van der Waals surface area (Å²) in [5.74, 6) is -0.364. The number of imide groups is 1. The van der Waals surface area contributed by atoms with Crippen LogP contribution in [0.1, 0.15) is 36.3 Å². The number of furan rings is 1. The van der Waals surface area contributed by atoms with Crippen molar-refractivity contribution in [3.8, 4) is 0 Å². The van der Waals surface area contributed by atoms with Gasteiger partial charge in [-0.1, -0.05) is 18.9 Å². The van der Waals surface area contributed by atoms with Gasteiger partial charge in [-0.25, -0.2) is 0 Å². The molecule has 2 aromatic heterocycles. The zero-order valence-corrected chi connectivity index (χ0v) is 15.8. The molecule has 2 aliphatic rings. The number of nitrogens with zero attached hydrogens (tertiary/aromatic N) is 2. The van der Waals surface area contributed by atoms with Crippen LogP contribution in [0.5, 0.6) is 0 Å². The van der Waals surface area contributed by atoms with Gasteiger partial charge in [-0.2, -0.15) is 0 Å². The summed E-state index contributed by atoms with van der Waals surface area (Å²) >= 11 is 1.57. The number of rotatable bonds is 6. The number of amides is 3. The summed E-state index contributed by atoms with van der Waals surface area (Å²) in [5.41, 5.74) is 0. The van der Waals surface area contributed by atoms with Gasteiger partial charge in [0.1, 0.15) is 12.3 Å². The van der Waals surface area contributed by atoms with Gasteiger partial charge in [0.2, 0.25) is 17.7 Å². The highest BCUT2D eigenvalue weighted by Gasteiger charge is 2.48. The second-order valence-electron chi connectivity index (χ2n) is 7.17. The molecule has 7 heteroatoms. The van der Waals surface area contributed by atoms with Crippen LogP contribution in [0.3, 0.4) is 0 Å². The molecular formula is C20H22N2O4S. The maximum atomic E-state index is 13.0. The zero-order chi connectivity index (χ0) is 18.8. The van der Waals surface area contributed by atoms with E-state index >= 15 is 0 Å². The second kappa shape index (κ2) is 7.68. The first kappa shape index (κ1) is 18.0. The molecule has 4 rings (SSSR count). The van der Waals surface area contributed by atoms with E-state index in [-0.39, 0.29) is 36.1 Å². The minimum atomic E-state index is -0.236. The van der Waals surface area contributed by atoms with Crippen LogP contribution in [-0.4, -0.2) is 34.1 Å². The molecule has 0 aromatic carbocycles. The maximum Gasteiger partial charge on any atom is 0.243 e. The average Bonchev–Trinajstić information content (AvgIpc) is 3.41. The highest BCUT2D eigenvalue weighted by Crippen LogP contribution is 2.38. The Labute approximate surface area is 161 Å². The van der Waals surface area contributed by atoms with Crippen LogP contribution in [0.2, 0.25) is 0 Å². The van der Waals surface area contributed by atoms with Gasteiger partial charge in [-0.3, -0.25) is 19.3 Å². The number of hydrogen-bond acceptors (Lipinski definition) is 5. The maximum absolute atomic E-state index is 13.0. The summed E-state index contributed by atoms with van der Waals surface area (Å²) < 4.78 is 5.38. The third-order valence-electron chi connectivity index (χ3n) is 5.43. The lowest BCUT2D eigenvalue weighted by atomic mass is 9.81. The monoisotopic (exact) mass is 386 g/mol. The van der Waals surface area contributed by atoms with Crippen LogP contribution in [0.25, 0.3) is 0 Å². The molecule has 2 aromatic rings. The molecule has 2 fully saturated rings. The van der Waals surface area contributed by atoms with E-state index in [2.05, 4.69) is 0 Å². The van der Waals surface area contributed by atoms with Crippen molar-refractivity contribution < 1.29 is 18.8 Å². The molecular weight excluding hydrogens is 364 g/mol. The van der Waals surface area contributed by atoms with Gasteiger partial charge in [0.25, 0.3) is 0 Å². The zero-order valence-electron chi connectivity index (χ0n) is 15.0. The van der Waals surface area contributed by atoms with E-state index in [1.807, 2.05) is 23.6 Å². The molecule has 1 saturated carbocycles. The summed E-state index contributed by atoms with van der Waals surface area (Å²) in [6.07, 6.45) is 5.04. The molecule has 0 spiro atoms. The van der Waals surface area contributed by atoms with E-state index in [4.69, 9.17) is 4.42 Å². The number of fused-ring (bicyclic) bond motifs is 1. The molecule has 0 N–H and O–H groups in total. The Balaban J connectivity index is 1.49. The molecule has 27 heavy (non-hydrogen) atoms. The van der Waals surface area contributed by atoms with Crippen molar-refractivity contribution in [2.24, 2.45) is 11.8 Å². The van der Waals surface area contributed by atoms with E-state index < -0.39 is 0 Å². The minimum Gasteiger partial charge on any atom is -0.467 e. The molecule has 142 valence electrons. The van der Waals surface area contributed by atoms with Crippen LogP contribution in [0, 0.1) is 11.8 Å². The SMILES string of the molecule is O=C(CN1C(=O)[C@@H]2CCCC[C@H]2C1=O)N(Cc1ccco1)Cc1cccs1. The van der Waals surface area contributed by atoms with E-state index in [0.717, 1.165) is 30.6 Å². The quantitative estimate of drug-likeness (QED) is 0.716. The molecule has 0 radical (unpaired) electrons. The molecule has 1 aliphatic heterocycles. The van der Waals surface area contributed by atoms with Crippen molar-refractivity contribution in [1.82, 2.24) is 9.80 Å². The summed E-state index contributed by atoms with van der Waals surface area (Å²) in [5, 5.41) is 1.96. The largest absolute Gasteiger partial charge is 0.467 e. The van der Waals surface area contributed by atoms with Gasteiger partial charge in [-0.15, -0.1) is 11.3 Å². The Morgan fingerprint density at radius 1 is 1.11 bits per heavy atom. The van der Waals surface area contributed by atoms with Crippen LogP contribution in [0.15, 0.2) is 40.3 Å². The van der Waals surface area contributed by atoms with Crippen LogP contribution in [0.4, 0.5) is 0 Å². The lowest BCUT2D eigenvalue weighted by molar-refractivity contribution is -0.147. The third-order valence-corrected chi connectivity index (χ3v) is 6.29. The smallest absolute Gasteiger partial charge is 0.243 e. The van der Waals surface area contributed by atoms with Crippen molar-refractivity contribution >= 4 is 29.1 Å². The highest BCUT2D eigenvalue weighted by molar-refractivity contribution is 7.09. The van der Waals surface area contributed by atoms with E-state index in [0.29, 0.717) is 18.8 Å². The van der Waals surface area contributed by atoms with Crippen molar-refractivity contribution in [3.63, 3.8) is 0 Å². The Hall–Kier alpha value is -2.41. The normalized spacial score (nSPS) is 22.1. The average molecular weight is 386 g/mol. The molecule has 6 nitrogen and oxygen atoms in total. The minimum absolute atomic E-state index is 0.174. The van der Waals surface area contributed by atoms with Gasteiger partial charge in [0, 0.05) is 4.88 Å². The Bertz CT molecular complexity index is 755. The Morgan fingerprint density at radius 2 is 1.85 bits per heavy atom. The van der Waals surface area contributed by atoms with Crippen LogP contribution in [-0.2, 0) is 27.5 Å². The lowest BCUT2D eigenvalue weighted by Crippen LogP contribution is -2.42. The molecule has 1 aliphatic carbocycles. The van der Waals surface area contributed by atoms with E-state index in [9.17, 15) is 14.4 Å². The number of carbonyl (C=O) groups is 3. The Morgan fingerprint density at radius 3 is 2.44 bits per heavy atom.